The lowest BCUT2D eigenvalue weighted by molar-refractivity contribution is -0.138. The summed E-state index contributed by atoms with van der Waals surface area (Å²) in [5.41, 5.74) is -1.91. The van der Waals surface area contributed by atoms with Crippen LogP contribution in [-0.2, 0) is 6.18 Å². The van der Waals surface area contributed by atoms with Gasteiger partial charge >= 0.3 is 12.1 Å². The van der Waals surface area contributed by atoms with Gasteiger partial charge in [-0.25, -0.2) is 14.8 Å². The van der Waals surface area contributed by atoms with Gasteiger partial charge in [0.05, 0.1) is 18.2 Å². The number of aromatic nitrogens is 2. The van der Waals surface area contributed by atoms with Gasteiger partial charge in [0.15, 0.2) is 0 Å². The van der Waals surface area contributed by atoms with Crippen molar-refractivity contribution in [2.24, 2.45) is 0 Å². The lowest BCUT2D eigenvalue weighted by atomic mass is 10.0. The number of nitrogens with zero attached hydrogens (tertiary/aromatic N) is 2. The molecule has 0 aliphatic carbocycles. The molecule has 110 valence electrons. The molecular formula is C13H9F3N2O3. The molecule has 21 heavy (non-hydrogen) atoms. The summed E-state index contributed by atoms with van der Waals surface area (Å²) >= 11 is 0. The van der Waals surface area contributed by atoms with Crippen molar-refractivity contribution in [2.45, 2.75) is 6.18 Å². The van der Waals surface area contributed by atoms with Gasteiger partial charge in [-0.2, -0.15) is 13.2 Å². The predicted molar refractivity (Wildman–Crippen MR) is 66.0 cm³/mol. The minimum absolute atomic E-state index is 0.0497. The van der Waals surface area contributed by atoms with Gasteiger partial charge in [0.25, 0.3) is 0 Å². The summed E-state index contributed by atoms with van der Waals surface area (Å²) in [7, 11) is 1.31. The average Bonchev–Trinajstić information content (AvgIpc) is 2.45. The molecule has 5 nitrogen and oxygen atoms in total. The maximum atomic E-state index is 13.0. The Hall–Kier alpha value is -2.64. The van der Waals surface area contributed by atoms with Crippen LogP contribution in [0.4, 0.5) is 13.2 Å². The van der Waals surface area contributed by atoms with Crippen molar-refractivity contribution in [3.63, 3.8) is 0 Å². The molecule has 2 aromatic rings. The lowest BCUT2D eigenvalue weighted by Crippen LogP contribution is -2.13. The van der Waals surface area contributed by atoms with E-state index >= 15 is 0 Å². The smallest absolute Gasteiger partial charge is 0.417 e. The molecule has 1 aromatic heterocycles. The van der Waals surface area contributed by atoms with Crippen LogP contribution in [0.25, 0.3) is 11.3 Å². The van der Waals surface area contributed by atoms with Crippen molar-refractivity contribution >= 4 is 5.97 Å². The number of carboxylic acid groups (broad SMARTS) is 1. The fourth-order valence-electron chi connectivity index (χ4n) is 1.79. The van der Waals surface area contributed by atoms with Crippen molar-refractivity contribution in [1.82, 2.24) is 9.97 Å². The Morgan fingerprint density at radius 1 is 1.24 bits per heavy atom. The molecule has 0 fully saturated rings. The standard InChI is InChI=1S/C13H9F3N2O3/c1-21-11-10(17-4-5-18-11)7-2-3-8(12(19)20)9(6-7)13(14,15)16/h2-6H,1H3,(H,19,20). The minimum Gasteiger partial charge on any atom is -0.479 e. The topological polar surface area (TPSA) is 72.3 Å². The van der Waals surface area contributed by atoms with Crippen LogP contribution in [0.5, 0.6) is 5.88 Å². The molecule has 1 aromatic carbocycles. The summed E-state index contributed by atoms with van der Waals surface area (Å²) in [6.07, 6.45) is -2.16. The highest BCUT2D eigenvalue weighted by Gasteiger charge is 2.35. The average molecular weight is 298 g/mol. The second kappa shape index (κ2) is 5.39. The van der Waals surface area contributed by atoms with E-state index in [9.17, 15) is 18.0 Å². The van der Waals surface area contributed by atoms with Crippen molar-refractivity contribution in [3.8, 4) is 17.1 Å². The molecule has 0 radical (unpaired) electrons. The van der Waals surface area contributed by atoms with E-state index in [2.05, 4.69) is 9.97 Å². The number of ether oxygens (including phenoxy) is 1. The highest BCUT2D eigenvalue weighted by molar-refractivity contribution is 5.90. The number of aromatic carboxylic acids is 1. The Bertz CT molecular complexity index is 687. The van der Waals surface area contributed by atoms with E-state index in [0.717, 1.165) is 12.1 Å². The van der Waals surface area contributed by atoms with Gasteiger partial charge in [0.1, 0.15) is 5.69 Å². The van der Waals surface area contributed by atoms with Crippen LogP contribution in [0.15, 0.2) is 30.6 Å². The molecule has 1 N–H and O–H groups in total. The van der Waals surface area contributed by atoms with Crippen molar-refractivity contribution in [1.29, 1.82) is 0 Å². The molecule has 0 aliphatic heterocycles. The molecule has 0 spiro atoms. The summed E-state index contributed by atoms with van der Waals surface area (Å²) in [5.74, 6) is -1.60. The van der Waals surface area contributed by atoms with Crippen molar-refractivity contribution in [2.75, 3.05) is 7.11 Å². The molecule has 1 heterocycles. The Labute approximate surface area is 117 Å². The zero-order chi connectivity index (χ0) is 15.6. The first-order chi connectivity index (χ1) is 9.84. The third kappa shape index (κ3) is 2.93. The van der Waals surface area contributed by atoms with E-state index in [1.807, 2.05) is 0 Å². The molecule has 0 bridgehead atoms. The normalized spacial score (nSPS) is 11.2. The molecule has 2 rings (SSSR count). The Morgan fingerprint density at radius 3 is 2.48 bits per heavy atom. The molecule has 0 unspecified atom stereocenters. The van der Waals surface area contributed by atoms with Gasteiger partial charge in [-0.15, -0.1) is 0 Å². The molecule has 0 saturated carbocycles. The van der Waals surface area contributed by atoms with E-state index in [4.69, 9.17) is 9.84 Å². The number of hydrogen-bond donors (Lipinski definition) is 1. The molecule has 8 heteroatoms. The predicted octanol–water partition coefficient (Wildman–Crippen LogP) is 2.87. The second-order valence-corrected chi connectivity index (χ2v) is 3.98. The first-order valence-electron chi connectivity index (χ1n) is 5.64. The van der Waals surface area contributed by atoms with Crippen LogP contribution in [0.1, 0.15) is 15.9 Å². The van der Waals surface area contributed by atoms with Gasteiger partial charge in [0, 0.05) is 18.0 Å². The molecule has 0 atom stereocenters. The first kappa shape index (κ1) is 14.8. The number of methoxy groups -OCH3 is 1. The van der Waals surface area contributed by atoms with Crippen LogP contribution >= 0.6 is 0 Å². The Balaban J connectivity index is 2.65. The summed E-state index contributed by atoms with van der Waals surface area (Å²) in [4.78, 5) is 18.6. The highest BCUT2D eigenvalue weighted by Crippen LogP contribution is 2.36. The fraction of sp³-hybridized carbons (Fsp3) is 0.154. The van der Waals surface area contributed by atoms with Gasteiger partial charge < -0.3 is 9.84 Å². The summed E-state index contributed by atoms with van der Waals surface area (Å²) < 4.78 is 43.8. The van der Waals surface area contributed by atoms with Crippen molar-refractivity contribution < 1.29 is 27.8 Å². The fourth-order valence-corrected chi connectivity index (χ4v) is 1.79. The number of benzene rings is 1. The van der Waals surface area contributed by atoms with Gasteiger partial charge in [-0.3, -0.25) is 0 Å². The maximum absolute atomic E-state index is 13.0. The molecule has 0 aliphatic rings. The highest BCUT2D eigenvalue weighted by atomic mass is 19.4. The number of hydrogen-bond acceptors (Lipinski definition) is 4. The monoisotopic (exact) mass is 298 g/mol. The Morgan fingerprint density at radius 2 is 1.90 bits per heavy atom. The third-order valence-corrected chi connectivity index (χ3v) is 2.69. The number of carbonyl (C=O) groups is 1. The molecule has 0 amide bonds. The van der Waals surface area contributed by atoms with Crippen LogP contribution in [0, 0.1) is 0 Å². The van der Waals surface area contributed by atoms with Gasteiger partial charge in [-0.05, 0) is 12.1 Å². The Kier molecular flexibility index (Phi) is 3.79. The SMILES string of the molecule is COc1nccnc1-c1ccc(C(=O)O)c(C(F)(F)F)c1. The maximum Gasteiger partial charge on any atom is 0.417 e. The van der Waals surface area contributed by atoms with E-state index in [1.165, 1.54) is 25.6 Å². The first-order valence-corrected chi connectivity index (χ1v) is 5.64. The summed E-state index contributed by atoms with van der Waals surface area (Å²) in [6, 6.07) is 2.83. The van der Waals surface area contributed by atoms with Gasteiger partial charge in [-0.1, -0.05) is 6.07 Å². The van der Waals surface area contributed by atoms with Crippen LogP contribution in [-0.4, -0.2) is 28.2 Å². The van der Waals surface area contributed by atoms with E-state index < -0.39 is 23.3 Å². The molecular weight excluding hydrogens is 289 g/mol. The molecule has 0 saturated heterocycles. The van der Waals surface area contributed by atoms with Gasteiger partial charge in [0.2, 0.25) is 5.88 Å². The summed E-state index contributed by atoms with van der Waals surface area (Å²) in [6.45, 7) is 0. The summed E-state index contributed by atoms with van der Waals surface area (Å²) in [5, 5.41) is 8.84. The van der Waals surface area contributed by atoms with E-state index in [1.54, 1.807) is 0 Å². The quantitative estimate of drug-likeness (QED) is 0.943. The largest absolute Gasteiger partial charge is 0.479 e. The number of carboxylic acids is 1. The van der Waals surface area contributed by atoms with Crippen molar-refractivity contribution in [3.05, 3.63) is 41.7 Å². The number of alkyl halides is 3. The third-order valence-electron chi connectivity index (χ3n) is 2.69. The second-order valence-electron chi connectivity index (χ2n) is 3.98. The number of halogens is 3. The zero-order valence-corrected chi connectivity index (χ0v) is 10.7. The minimum atomic E-state index is -4.79. The zero-order valence-electron chi connectivity index (χ0n) is 10.7. The number of rotatable bonds is 3. The van der Waals surface area contributed by atoms with Crippen LogP contribution < -0.4 is 4.74 Å². The lowest BCUT2D eigenvalue weighted by Gasteiger charge is -2.12. The van der Waals surface area contributed by atoms with E-state index in [-0.39, 0.29) is 17.1 Å². The van der Waals surface area contributed by atoms with Crippen LogP contribution in [0.3, 0.4) is 0 Å². The van der Waals surface area contributed by atoms with Crippen LogP contribution in [0.2, 0.25) is 0 Å². The van der Waals surface area contributed by atoms with E-state index in [0.29, 0.717) is 0 Å².